The molecule has 1 N–H and O–H groups in total. The molecule has 1 aromatic heterocycles. The van der Waals surface area contributed by atoms with Crippen molar-refractivity contribution in [3.63, 3.8) is 0 Å². The fourth-order valence-electron chi connectivity index (χ4n) is 2.87. The minimum absolute atomic E-state index is 0.575. The molecule has 0 aliphatic carbocycles. The summed E-state index contributed by atoms with van der Waals surface area (Å²) in [5.41, 5.74) is 0.954. The summed E-state index contributed by atoms with van der Waals surface area (Å²) in [6.07, 6.45) is 3.70. The molecule has 1 aliphatic rings. The minimum Gasteiger partial charge on any atom is -0.351 e. The first-order chi connectivity index (χ1) is 9.17. The van der Waals surface area contributed by atoms with E-state index in [-0.39, 0.29) is 0 Å². The number of halogens is 1. The Morgan fingerprint density at radius 2 is 2.16 bits per heavy atom. The normalized spacial score (nSPS) is 23.1. The lowest BCUT2D eigenvalue weighted by molar-refractivity contribution is 0.617. The summed E-state index contributed by atoms with van der Waals surface area (Å²) in [4.78, 5) is 7.24. The third-order valence-corrected chi connectivity index (χ3v) is 4.31. The summed E-state index contributed by atoms with van der Waals surface area (Å²) in [7, 11) is 0. The molecular formula is C15H24ClN3. The van der Waals surface area contributed by atoms with Crippen molar-refractivity contribution in [2.24, 2.45) is 0 Å². The van der Waals surface area contributed by atoms with Gasteiger partial charge in [-0.05, 0) is 44.9 Å². The van der Waals surface area contributed by atoms with Crippen LogP contribution in [0, 0.1) is 0 Å². The number of nitrogens with zero attached hydrogens (tertiary/aromatic N) is 2. The first-order valence-corrected chi connectivity index (χ1v) is 7.69. The van der Waals surface area contributed by atoms with Crippen LogP contribution in [0.15, 0.2) is 12.1 Å². The monoisotopic (exact) mass is 281 g/mol. The molecule has 0 aromatic carbocycles. The first kappa shape index (κ1) is 14.6. The highest BCUT2D eigenvalue weighted by molar-refractivity contribution is 6.31. The number of rotatable bonds is 5. The maximum atomic E-state index is 6.22. The SMILES string of the molecule is CCNCc1nc(N2C(C)CCC2CC)ccc1Cl. The number of nitrogens with one attached hydrogen (secondary N) is 1. The maximum absolute atomic E-state index is 6.22. The van der Waals surface area contributed by atoms with Gasteiger partial charge in [-0.2, -0.15) is 0 Å². The maximum Gasteiger partial charge on any atom is 0.129 e. The molecule has 1 fully saturated rings. The molecule has 4 heteroatoms. The van der Waals surface area contributed by atoms with E-state index in [1.54, 1.807) is 0 Å². The van der Waals surface area contributed by atoms with E-state index in [9.17, 15) is 0 Å². The highest BCUT2D eigenvalue weighted by Gasteiger charge is 2.30. The largest absolute Gasteiger partial charge is 0.351 e. The molecule has 2 heterocycles. The number of aromatic nitrogens is 1. The van der Waals surface area contributed by atoms with E-state index in [0.29, 0.717) is 12.1 Å². The van der Waals surface area contributed by atoms with Crippen molar-refractivity contribution in [2.75, 3.05) is 11.4 Å². The average molecular weight is 282 g/mol. The lowest BCUT2D eigenvalue weighted by Gasteiger charge is -2.29. The minimum atomic E-state index is 0.575. The van der Waals surface area contributed by atoms with Crippen LogP contribution in [0.5, 0.6) is 0 Å². The zero-order valence-electron chi connectivity index (χ0n) is 12.1. The van der Waals surface area contributed by atoms with Gasteiger partial charge >= 0.3 is 0 Å². The summed E-state index contributed by atoms with van der Waals surface area (Å²) in [5, 5.41) is 4.05. The van der Waals surface area contributed by atoms with E-state index in [2.05, 4.69) is 37.1 Å². The van der Waals surface area contributed by atoms with Gasteiger partial charge in [0.2, 0.25) is 0 Å². The zero-order valence-corrected chi connectivity index (χ0v) is 12.9. The standard InChI is InChI=1S/C15H24ClN3/c1-4-12-7-6-11(3)19(12)15-9-8-13(16)14(18-15)10-17-5-2/h8-9,11-12,17H,4-7,10H2,1-3H3. The van der Waals surface area contributed by atoms with E-state index in [1.807, 2.05) is 6.07 Å². The van der Waals surface area contributed by atoms with Crippen LogP contribution in [0.3, 0.4) is 0 Å². The Bertz CT molecular complexity index is 422. The van der Waals surface area contributed by atoms with Crippen LogP contribution in [0.4, 0.5) is 5.82 Å². The van der Waals surface area contributed by atoms with Gasteiger partial charge in [-0.25, -0.2) is 4.98 Å². The quantitative estimate of drug-likeness (QED) is 0.894. The van der Waals surface area contributed by atoms with Crippen molar-refractivity contribution in [3.05, 3.63) is 22.8 Å². The van der Waals surface area contributed by atoms with Crippen LogP contribution < -0.4 is 10.2 Å². The Labute approximate surface area is 121 Å². The van der Waals surface area contributed by atoms with Crippen LogP contribution in [0.25, 0.3) is 0 Å². The van der Waals surface area contributed by atoms with Crippen LogP contribution in [-0.4, -0.2) is 23.6 Å². The number of anilines is 1. The molecule has 0 amide bonds. The van der Waals surface area contributed by atoms with Gasteiger partial charge in [-0.1, -0.05) is 25.4 Å². The molecule has 2 atom stereocenters. The summed E-state index contributed by atoms with van der Waals surface area (Å²) >= 11 is 6.22. The van der Waals surface area contributed by atoms with Gasteiger partial charge in [0.1, 0.15) is 5.82 Å². The topological polar surface area (TPSA) is 28.2 Å². The van der Waals surface area contributed by atoms with E-state index in [0.717, 1.165) is 29.6 Å². The molecule has 1 aromatic rings. The Balaban J connectivity index is 2.24. The van der Waals surface area contributed by atoms with E-state index < -0.39 is 0 Å². The molecule has 2 unspecified atom stereocenters. The van der Waals surface area contributed by atoms with Gasteiger partial charge < -0.3 is 10.2 Å². The molecule has 0 bridgehead atoms. The highest BCUT2D eigenvalue weighted by Crippen LogP contribution is 2.31. The van der Waals surface area contributed by atoms with Gasteiger partial charge in [-0.3, -0.25) is 0 Å². The predicted molar refractivity (Wildman–Crippen MR) is 81.9 cm³/mol. The summed E-state index contributed by atoms with van der Waals surface area (Å²) in [6.45, 7) is 8.30. The van der Waals surface area contributed by atoms with Gasteiger partial charge in [0, 0.05) is 18.6 Å². The smallest absolute Gasteiger partial charge is 0.129 e. The van der Waals surface area contributed by atoms with Crippen molar-refractivity contribution < 1.29 is 0 Å². The van der Waals surface area contributed by atoms with Crippen LogP contribution in [0.2, 0.25) is 5.02 Å². The van der Waals surface area contributed by atoms with Gasteiger partial charge in [-0.15, -0.1) is 0 Å². The molecule has 1 saturated heterocycles. The number of hydrogen-bond donors (Lipinski definition) is 1. The summed E-state index contributed by atoms with van der Waals surface area (Å²) < 4.78 is 0. The van der Waals surface area contributed by atoms with Crippen molar-refractivity contribution in [1.29, 1.82) is 0 Å². The first-order valence-electron chi connectivity index (χ1n) is 7.31. The van der Waals surface area contributed by atoms with Crippen molar-refractivity contribution >= 4 is 17.4 Å². The second kappa shape index (κ2) is 6.58. The number of hydrogen-bond acceptors (Lipinski definition) is 3. The lowest BCUT2D eigenvalue weighted by atomic mass is 10.1. The van der Waals surface area contributed by atoms with Gasteiger partial charge in [0.25, 0.3) is 0 Å². The third-order valence-electron chi connectivity index (χ3n) is 3.97. The van der Waals surface area contributed by atoms with Gasteiger partial charge in [0.05, 0.1) is 10.7 Å². The molecule has 19 heavy (non-hydrogen) atoms. The molecule has 1 aliphatic heterocycles. The fraction of sp³-hybridized carbons (Fsp3) is 0.667. The second-order valence-corrected chi connectivity index (χ2v) is 5.68. The van der Waals surface area contributed by atoms with Crippen molar-refractivity contribution in [2.45, 2.75) is 58.7 Å². The van der Waals surface area contributed by atoms with Gasteiger partial charge in [0.15, 0.2) is 0 Å². The molecule has 0 saturated carbocycles. The lowest BCUT2D eigenvalue weighted by Crippen LogP contribution is -2.35. The van der Waals surface area contributed by atoms with E-state index in [1.165, 1.54) is 19.3 Å². The average Bonchev–Trinajstić information content (AvgIpc) is 2.79. The molecular weight excluding hydrogens is 258 g/mol. The Hall–Kier alpha value is -0.800. The predicted octanol–water partition coefficient (Wildman–Crippen LogP) is 3.61. The molecule has 0 spiro atoms. The Kier molecular flexibility index (Phi) is 5.06. The molecule has 0 radical (unpaired) electrons. The third kappa shape index (κ3) is 3.21. The van der Waals surface area contributed by atoms with Crippen molar-refractivity contribution in [1.82, 2.24) is 10.3 Å². The zero-order chi connectivity index (χ0) is 13.8. The molecule has 2 rings (SSSR count). The fourth-order valence-corrected chi connectivity index (χ4v) is 3.04. The molecule has 3 nitrogen and oxygen atoms in total. The molecule has 106 valence electrons. The Morgan fingerprint density at radius 1 is 1.37 bits per heavy atom. The Morgan fingerprint density at radius 3 is 2.84 bits per heavy atom. The van der Waals surface area contributed by atoms with Crippen LogP contribution in [0.1, 0.15) is 45.7 Å². The van der Waals surface area contributed by atoms with Crippen LogP contribution in [-0.2, 0) is 6.54 Å². The summed E-state index contributed by atoms with van der Waals surface area (Å²) in [6, 6.07) is 5.23. The van der Waals surface area contributed by atoms with Crippen LogP contribution >= 0.6 is 11.6 Å². The number of pyridine rings is 1. The van der Waals surface area contributed by atoms with E-state index in [4.69, 9.17) is 16.6 Å². The van der Waals surface area contributed by atoms with E-state index >= 15 is 0 Å². The highest BCUT2D eigenvalue weighted by atomic mass is 35.5. The van der Waals surface area contributed by atoms with Crippen molar-refractivity contribution in [3.8, 4) is 0 Å². The summed E-state index contributed by atoms with van der Waals surface area (Å²) in [5.74, 6) is 1.08. The second-order valence-electron chi connectivity index (χ2n) is 5.27.